The van der Waals surface area contributed by atoms with Gasteiger partial charge in [-0.2, -0.15) is 0 Å². The van der Waals surface area contributed by atoms with Crippen molar-refractivity contribution < 1.29 is 9.53 Å². The number of aromatic nitrogens is 2. The topological polar surface area (TPSA) is 64.1 Å². The second-order valence-electron chi connectivity index (χ2n) is 5.35. The van der Waals surface area contributed by atoms with Gasteiger partial charge in [0, 0.05) is 10.8 Å². The SMILES string of the molecule is Cc1ccc(OCc2nc(CC(=O)Nc3nc(C)cs3)cs2)cc1. The summed E-state index contributed by atoms with van der Waals surface area (Å²) in [5.41, 5.74) is 2.84. The highest BCUT2D eigenvalue weighted by Crippen LogP contribution is 2.18. The van der Waals surface area contributed by atoms with Crippen LogP contribution >= 0.6 is 22.7 Å². The summed E-state index contributed by atoms with van der Waals surface area (Å²) in [6.45, 7) is 4.34. The molecule has 124 valence electrons. The van der Waals surface area contributed by atoms with Crippen LogP contribution in [0.25, 0.3) is 0 Å². The maximum Gasteiger partial charge on any atom is 0.232 e. The van der Waals surface area contributed by atoms with Gasteiger partial charge in [0.25, 0.3) is 0 Å². The van der Waals surface area contributed by atoms with Crippen LogP contribution in [0.15, 0.2) is 35.0 Å². The zero-order valence-corrected chi connectivity index (χ0v) is 15.0. The van der Waals surface area contributed by atoms with Gasteiger partial charge < -0.3 is 10.1 Å². The molecule has 0 atom stereocenters. The van der Waals surface area contributed by atoms with Gasteiger partial charge in [0.15, 0.2) is 5.13 Å². The van der Waals surface area contributed by atoms with Gasteiger partial charge in [0.1, 0.15) is 17.4 Å². The van der Waals surface area contributed by atoms with Crippen LogP contribution in [0.5, 0.6) is 5.75 Å². The van der Waals surface area contributed by atoms with Crippen molar-refractivity contribution in [2.75, 3.05) is 5.32 Å². The molecule has 5 nitrogen and oxygen atoms in total. The number of amides is 1. The summed E-state index contributed by atoms with van der Waals surface area (Å²) in [6, 6.07) is 7.89. The summed E-state index contributed by atoms with van der Waals surface area (Å²) in [5, 5.41) is 8.05. The minimum atomic E-state index is -0.111. The van der Waals surface area contributed by atoms with Crippen LogP contribution in [0.1, 0.15) is 22.0 Å². The fourth-order valence-electron chi connectivity index (χ4n) is 2.02. The first-order valence-corrected chi connectivity index (χ1v) is 9.19. The van der Waals surface area contributed by atoms with E-state index >= 15 is 0 Å². The molecule has 0 aliphatic heterocycles. The third-order valence-corrected chi connectivity index (χ3v) is 4.94. The van der Waals surface area contributed by atoms with E-state index in [2.05, 4.69) is 15.3 Å². The lowest BCUT2D eigenvalue weighted by Gasteiger charge is -2.03. The van der Waals surface area contributed by atoms with E-state index < -0.39 is 0 Å². The van der Waals surface area contributed by atoms with Crippen LogP contribution in [-0.2, 0) is 17.8 Å². The predicted molar refractivity (Wildman–Crippen MR) is 96.8 cm³/mol. The van der Waals surface area contributed by atoms with Crippen molar-refractivity contribution in [1.29, 1.82) is 0 Å². The molecule has 7 heteroatoms. The average Bonchev–Trinajstić information content (AvgIpc) is 3.16. The fourth-order valence-corrected chi connectivity index (χ4v) is 3.42. The summed E-state index contributed by atoms with van der Waals surface area (Å²) < 4.78 is 5.70. The number of carbonyl (C=O) groups excluding carboxylic acids is 1. The highest BCUT2D eigenvalue weighted by molar-refractivity contribution is 7.13. The van der Waals surface area contributed by atoms with E-state index in [0.717, 1.165) is 22.1 Å². The number of aryl methyl sites for hydroxylation is 2. The first-order chi connectivity index (χ1) is 11.6. The van der Waals surface area contributed by atoms with Crippen molar-refractivity contribution in [3.63, 3.8) is 0 Å². The molecule has 0 radical (unpaired) electrons. The zero-order chi connectivity index (χ0) is 16.9. The highest BCUT2D eigenvalue weighted by Gasteiger charge is 2.10. The van der Waals surface area contributed by atoms with Crippen molar-refractivity contribution in [2.24, 2.45) is 0 Å². The Hall–Kier alpha value is -2.25. The molecule has 24 heavy (non-hydrogen) atoms. The summed E-state index contributed by atoms with van der Waals surface area (Å²) in [5.74, 6) is 0.704. The Morgan fingerprint density at radius 2 is 1.92 bits per heavy atom. The number of nitrogens with one attached hydrogen (secondary N) is 1. The lowest BCUT2D eigenvalue weighted by Crippen LogP contribution is -2.14. The van der Waals surface area contributed by atoms with Gasteiger partial charge in [-0.3, -0.25) is 4.79 Å². The number of hydrogen-bond acceptors (Lipinski definition) is 6. The van der Waals surface area contributed by atoms with E-state index in [1.54, 1.807) is 0 Å². The Labute approximate surface area is 148 Å². The molecule has 0 saturated heterocycles. The number of nitrogens with zero attached hydrogens (tertiary/aromatic N) is 2. The van der Waals surface area contributed by atoms with Crippen molar-refractivity contribution in [2.45, 2.75) is 26.9 Å². The van der Waals surface area contributed by atoms with Crippen molar-refractivity contribution in [1.82, 2.24) is 9.97 Å². The molecule has 3 aromatic rings. The van der Waals surface area contributed by atoms with E-state index in [4.69, 9.17) is 4.74 Å². The Bertz CT molecular complexity index is 824. The van der Waals surface area contributed by atoms with Crippen molar-refractivity contribution in [3.05, 3.63) is 57.0 Å². The normalized spacial score (nSPS) is 10.6. The van der Waals surface area contributed by atoms with Crippen LogP contribution in [0.3, 0.4) is 0 Å². The first kappa shape index (κ1) is 16.6. The molecule has 0 unspecified atom stereocenters. The summed E-state index contributed by atoms with van der Waals surface area (Å²) in [4.78, 5) is 20.7. The van der Waals surface area contributed by atoms with Gasteiger partial charge in [-0.1, -0.05) is 17.7 Å². The molecule has 1 N–H and O–H groups in total. The van der Waals surface area contributed by atoms with E-state index in [9.17, 15) is 4.79 Å². The van der Waals surface area contributed by atoms with Crippen LogP contribution in [0, 0.1) is 13.8 Å². The third kappa shape index (κ3) is 4.62. The summed E-state index contributed by atoms with van der Waals surface area (Å²) >= 11 is 2.91. The summed E-state index contributed by atoms with van der Waals surface area (Å²) in [7, 11) is 0. The molecule has 2 aromatic heterocycles. The molecule has 0 aliphatic carbocycles. The molecule has 0 bridgehead atoms. The van der Waals surface area contributed by atoms with Crippen LogP contribution in [-0.4, -0.2) is 15.9 Å². The molecule has 3 rings (SSSR count). The van der Waals surface area contributed by atoms with Gasteiger partial charge >= 0.3 is 0 Å². The molecular formula is C17H17N3O2S2. The Balaban J connectivity index is 1.51. The number of anilines is 1. The monoisotopic (exact) mass is 359 g/mol. The quantitative estimate of drug-likeness (QED) is 0.723. The first-order valence-electron chi connectivity index (χ1n) is 7.43. The molecule has 0 aliphatic rings. The van der Waals surface area contributed by atoms with E-state index in [-0.39, 0.29) is 12.3 Å². The highest BCUT2D eigenvalue weighted by atomic mass is 32.1. The third-order valence-electron chi connectivity index (χ3n) is 3.19. The maximum atomic E-state index is 12.0. The van der Waals surface area contributed by atoms with Crippen LogP contribution in [0.4, 0.5) is 5.13 Å². The number of thiazole rings is 2. The second kappa shape index (κ2) is 7.55. The minimum Gasteiger partial charge on any atom is -0.486 e. The van der Waals surface area contributed by atoms with Crippen LogP contribution < -0.4 is 10.1 Å². The lowest BCUT2D eigenvalue weighted by molar-refractivity contribution is -0.115. The molecule has 1 aromatic carbocycles. The van der Waals surface area contributed by atoms with Crippen molar-refractivity contribution in [3.8, 4) is 5.75 Å². The predicted octanol–water partition coefficient (Wildman–Crippen LogP) is 3.98. The minimum absolute atomic E-state index is 0.111. The van der Waals surface area contributed by atoms with Crippen molar-refractivity contribution >= 4 is 33.7 Å². The molecule has 0 spiro atoms. The van der Waals surface area contributed by atoms with Gasteiger partial charge in [-0.15, -0.1) is 22.7 Å². The summed E-state index contributed by atoms with van der Waals surface area (Å²) in [6.07, 6.45) is 0.236. The largest absolute Gasteiger partial charge is 0.486 e. The van der Waals surface area contributed by atoms with Crippen LogP contribution in [0.2, 0.25) is 0 Å². The van der Waals surface area contributed by atoms with Gasteiger partial charge in [-0.05, 0) is 26.0 Å². The lowest BCUT2D eigenvalue weighted by atomic mass is 10.2. The Morgan fingerprint density at radius 1 is 1.12 bits per heavy atom. The molecular weight excluding hydrogens is 342 g/mol. The number of carbonyl (C=O) groups is 1. The standard InChI is InChI=1S/C17H17N3O2S2/c1-11-3-5-14(6-4-11)22-8-16-19-13(10-23-16)7-15(21)20-17-18-12(2)9-24-17/h3-6,9-10H,7-8H2,1-2H3,(H,18,20,21). The number of rotatable bonds is 6. The smallest absolute Gasteiger partial charge is 0.232 e. The number of hydrogen-bond donors (Lipinski definition) is 1. The average molecular weight is 359 g/mol. The number of ether oxygens (including phenoxy) is 1. The Morgan fingerprint density at radius 3 is 2.62 bits per heavy atom. The number of benzene rings is 1. The van der Waals surface area contributed by atoms with Gasteiger partial charge in [0.05, 0.1) is 17.8 Å². The van der Waals surface area contributed by atoms with E-state index in [1.165, 1.54) is 28.2 Å². The second-order valence-corrected chi connectivity index (χ2v) is 7.15. The fraction of sp³-hybridized carbons (Fsp3) is 0.235. The maximum absolute atomic E-state index is 12.0. The molecule has 0 saturated carbocycles. The van der Waals surface area contributed by atoms with E-state index in [0.29, 0.717) is 11.7 Å². The van der Waals surface area contributed by atoms with E-state index in [1.807, 2.05) is 48.9 Å². The van der Waals surface area contributed by atoms with Gasteiger partial charge in [-0.25, -0.2) is 9.97 Å². The molecule has 2 heterocycles. The molecule has 1 amide bonds. The Kier molecular flexibility index (Phi) is 5.22. The molecule has 0 fully saturated rings. The zero-order valence-electron chi connectivity index (χ0n) is 13.4. The van der Waals surface area contributed by atoms with Gasteiger partial charge in [0.2, 0.25) is 5.91 Å².